The normalized spacial score (nSPS) is 20.9. The summed E-state index contributed by atoms with van der Waals surface area (Å²) >= 11 is 0. The van der Waals surface area contributed by atoms with E-state index >= 15 is 0 Å². The first-order valence-corrected chi connectivity index (χ1v) is 7.22. The van der Waals surface area contributed by atoms with E-state index in [1.807, 2.05) is 0 Å². The number of hydrogen-bond acceptors (Lipinski definition) is 5. The maximum atomic E-state index is 12.1. The zero-order valence-corrected chi connectivity index (χ0v) is 13.7. The van der Waals surface area contributed by atoms with Crippen molar-refractivity contribution in [2.75, 3.05) is 7.11 Å². The van der Waals surface area contributed by atoms with Crippen LogP contribution in [0.1, 0.15) is 47.6 Å². The summed E-state index contributed by atoms with van der Waals surface area (Å²) in [7, 11) is 1.32. The van der Waals surface area contributed by atoms with Crippen LogP contribution in [0, 0.1) is 12.8 Å². The van der Waals surface area contributed by atoms with Crippen LogP contribution in [0.25, 0.3) is 0 Å². The first-order valence-electron chi connectivity index (χ1n) is 7.22. The van der Waals surface area contributed by atoms with Gasteiger partial charge in [-0.2, -0.15) is 0 Å². The third-order valence-corrected chi connectivity index (χ3v) is 3.90. The van der Waals surface area contributed by atoms with Crippen LogP contribution >= 0.6 is 12.4 Å². The average molecular weight is 331 g/mol. The molecule has 22 heavy (non-hydrogen) atoms. The second kappa shape index (κ2) is 8.19. The topological polar surface area (TPSA) is 94.6 Å². The lowest BCUT2D eigenvalue weighted by Gasteiger charge is -2.25. The number of methoxy groups -OCH3 is 1. The Morgan fingerprint density at radius 1 is 1.45 bits per heavy atom. The van der Waals surface area contributed by atoms with Crippen molar-refractivity contribution >= 4 is 24.3 Å². The maximum absolute atomic E-state index is 12.1. The molecule has 0 aliphatic heterocycles. The number of ether oxygens (including phenoxy) is 1. The lowest BCUT2D eigenvalue weighted by molar-refractivity contribution is -0.126. The van der Waals surface area contributed by atoms with Crippen molar-refractivity contribution in [2.24, 2.45) is 11.7 Å². The Morgan fingerprint density at radius 3 is 2.82 bits per heavy atom. The maximum Gasteiger partial charge on any atom is 0.341 e. The standard InChI is InChI=1S/C15H22N2O4.ClH/c1-9-13(15(19)20-2)7-12(21-9)8-17-14(18)10-4-3-5-11(16)6-10;/h7,10-11H,3-6,8,16H2,1-2H3,(H,17,18);1H. The Kier molecular flexibility index (Phi) is 6.90. The molecule has 1 aromatic heterocycles. The van der Waals surface area contributed by atoms with Crippen LogP contribution in [0.2, 0.25) is 0 Å². The van der Waals surface area contributed by atoms with Gasteiger partial charge in [0.25, 0.3) is 0 Å². The largest absolute Gasteiger partial charge is 0.465 e. The van der Waals surface area contributed by atoms with Crippen LogP contribution in [0.15, 0.2) is 10.5 Å². The minimum atomic E-state index is -0.438. The molecule has 1 saturated carbocycles. The Morgan fingerprint density at radius 2 is 2.18 bits per heavy atom. The van der Waals surface area contributed by atoms with Gasteiger partial charge in [0.2, 0.25) is 5.91 Å². The van der Waals surface area contributed by atoms with Crippen LogP contribution in [0.3, 0.4) is 0 Å². The van der Waals surface area contributed by atoms with Crippen molar-refractivity contribution in [2.45, 2.75) is 45.2 Å². The number of amides is 1. The predicted octanol–water partition coefficient (Wildman–Crippen LogP) is 1.93. The summed E-state index contributed by atoms with van der Waals surface area (Å²) in [4.78, 5) is 23.6. The Labute approximate surface area is 136 Å². The quantitative estimate of drug-likeness (QED) is 0.822. The van der Waals surface area contributed by atoms with E-state index < -0.39 is 5.97 Å². The van der Waals surface area contributed by atoms with Gasteiger partial charge in [-0.1, -0.05) is 6.42 Å². The number of halogens is 1. The fourth-order valence-electron chi connectivity index (χ4n) is 2.73. The zero-order valence-electron chi connectivity index (χ0n) is 12.9. The first-order chi connectivity index (χ1) is 10.0. The minimum Gasteiger partial charge on any atom is -0.465 e. The Balaban J connectivity index is 0.00000242. The number of furan rings is 1. The molecule has 2 unspecified atom stereocenters. The number of nitrogens with two attached hydrogens (primary N) is 1. The van der Waals surface area contributed by atoms with Crippen LogP contribution in [0.5, 0.6) is 0 Å². The summed E-state index contributed by atoms with van der Waals surface area (Å²) < 4.78 is 10.1. The van der Waals surface area contributed by atoms with Gasteiger partial charge in [-0.25, -0.2) is 4.79 Å². The van der Waals surface area contributed by atoms with E-state index in [9.17, 15) is 9.59 Å². The molecule has 0 aromatic carbocycles. The van der Waals surface area contributed by atoms with Gasteiger partial charge >= 0.3 is 5.97 Å². The molecule has 1 amide bonds. The highest BCUT2D eigenvalue weighted by molar-refractivity contribution is 5.90. The van der Waals surface area contributed by atoms with Crippen molar-refractivity contribution in [1.82, 2.24) is 5.32 Å². The predicted molar refractivity (Wildman–Crippen MR) is 83.8 cm³/mol. The smallest absolute Gasteiger partial charge is 0.341 e. The fourth-order valence-corrected chi connectivity index (χ4v) is 2.73. The van der Waals surface area contributed by atoms with E-state index in [1.54, 1.807) is 13.0 Å². The van der Waals surface area contributed by atoms with E-state index in [2.05, 4.69) is 10.1 Å². The molecule has 2 atom stereocenters. The Bertz CT molecular complexity index is 530. The Hall–Kier alpha value is -1.53. The first kappa shape index (κ1) is 18.5. The SMILES string of the molecule is COC(=O)c1cc(CNC(=O)C2CCCC(N)C2)oc1C.Cl. The van der Waals surface area contributed by atoms with Crippen molar-refractivity contribution in [3.8, 4) is 0 Å². The van der Waals surface area contributed by atoms with E-state index in [4.69, 9.17) is 10.2 Å². The molecule has 7 heteroatoms. The van der Waals surface area contributed by atoms with E-state index in [1.165, 1.54) is 7.11 Å². The van der Waals surface area contributed by atoms with Crippen LogP contribution in [0.4, 0.5) is 0 Å². The van der Waals surface area contributed by atoms with E-state index in [-0.39, 0.29) is 36.8 Å². The van der Waals surface area contributed by atoms with Crippen molar-refractivity contribution < 1.29 is 18.7 Å². The number of hydrogen-bond donors (Lipinski definition) is 2. The molecule has 2 rings (SSSR count). The van der Waals surface area contributed by atoms with Crippen LogP contribution in [-0.2, 0) is 16.1 Å². The van der Waals surface area contributed by atoms with Gasteiger partial charge in [0, 0.05) is 12.0 Å². The summed E-state index contributed by atoms with van der Waals surface area (Å²) in [6, 6.07) is 1.72. The molecule has 1 aromatic rings. The molecule has 0 spiro atoms. The second-order valence-corrected chi connectivity index (χ2v) is 5.52. The van der Waals surface area contributed by atoms with Gasteiger partial charge in [0.1, 0.15) is 17.1 Å². The molecular weight excluding hydrogens is 308 g/mol. The molecule has 0 bridgehead atoms. The van der Waals surface area contributed by atoms with Gasteiger partial charge in [-0.05, 0) is 32.3 Å². The summed E-state index contributed by atoms with van der Waals surface area (Å²) in [5, 5.41) is 2.85. The van der Waals surface area contributed by atoms with Crippen LogP contribution in [-0.4, -0.2) is 25.0 Å². The van der Waals surface area contributed by atoms with Gasteiger partial charge in [0.05, 0.1) is 13.7 Å². The molecule has 3 N–H and O–H groups in total. The molecule has 6 nitrogen and oxygen atoms in total. The summed E-state index contributed by atoms with van der Waals surface area (Å²) in [5.41, 5.74) is 6.28. The highest BCUT2D eigenvalue weighted by atomic mass is 35.5. The third-order valence-electron chi connectivity index (χ3n) is 3.90. The van der Waals surface area contributed by atoms with Crippen molar-refractivity contribution in [1.29, 1.82) is 0 Å². The van der Waals surface area contributed by atoms with Crippen molar-refractivity contribution in [3.63, 3.8) is 0 Å². The number of carbonyl (C=O) groups excluding carboxylic acids is 2. The summed E-state index contributed by atoms with van der Waals surface area (Å²) in [6.07, 6.45) is 3.59. The molecule has 1 fully saturated rings. The third kappa shape index (κ3) is 4.48. The van der Waals surface area contributed by atoms with Gasteiger partial charge in [-0.3, -0.25) is 4.79 Å². The molecule has 124 valence electrons. The second-order valence-electron chi connectivity index (χ2n) is 5.52. The lowest BCUT2D eigenvalue weighted by Crippen LogP contribution is -2.37. The van der Waals surface area contributed by atoms with Crippen molar-refractivity contribution in [3.05, 3.63) is 23.2 Å². The van der Waals surface area contributed by atoms with E-state index in [0.717, 1.165) is 25.7 Å². The molecule has 0 radical (unpaired) electrons. The molecule has 1 aliphatic carbocycles. The fraction of sp³-hybridized carbons (Fsp3) is 0.600. The molecule has 0 saturated heterocycles. The summed E-state index contributed by atoms with van der Waals surface area (Å²) in [5.74, 6) is 0.572. The number of rotatable bonds is 4. The lowest BCUT2D eigenvalue weighted by atomic mass is 9.85. The minimum absolute atomic E-state index is 0. The average Bonchev–Trinajstić information content (AvgIpc) is 2.85. The van der Waals surface area contributed by atoms with Gasteiger partial charge in [-0.15, -0.1) is 12.4 Å². The molecular formula is C15H23ClN2O4. The number of aryl methyl sites for hydroxylation is 1. The number of esters is 1. The highest BCUT2D eigenvalue weighted by Gasteiger charge is 2.25. The molecule has 1 heterocycles. The van der Waals surface area contributed by atoms with E-state index in [0.29, 0.717) is 17.1 Å². The number of carbonyl (C=O) groups is 2. The van der Waals surface area contributed by atoms with Gasteiger partial charge in [0.15, 0.2) is 0 Å². The molecule has 1 aliphatic rings. The zero-order chi connectivity index (χ0) is 15.4. The number of nitrogens with one attached hydrogen (secondary N) is 1. The summed E-state index contributed by atoms with van der Waals surface area (Å²) in [6.45, 7) is 1.96. The highest BCUT2D eigenvalue weighted by Crippen LogP contribution is 2.23. The monoisotopic (exact) mass is 330 g/mol. The van der Waals surface area contributed by atoms with Crippen LogP contribution < -0.4 is 11.1 Å². The van der Waals surface area contributed by atoms with Gasteiger partial charge < -0.3 is 20.2 Å².